The van der Waals surface area contributed by atoms with E-state index >= 15 is 0 Å². The molecule has 0 aliphatic heterocycles. The number of rotatable bonds is 5. The third-order valence-electron chi connectivity index (χ3n) is 10.7. The highest BCUT2D eigenvalue weighted by Gasteiger charge is 2.64. The molecule has 198 valence electrons. The Balaban J connectivity index is 1.38. The Bertz CT molecular complexity index is 1420. The lowest BCUT2D eigenvalue weighted by molar-refractivity contribution is -0.113. The van der Waals surface area contributed by atoms with Gasteiger partial charge in [0.15, 0.2) is 0 Å². The number of phenols is 2. The van der Waals surface area contributed by atoms with Crippen LogP contribution >= 0.6 is 0 Å². The van der Waals surface area contributed by atoms with E-state index in [-0.39, 0.29) is 10.8 Å². The van der Waals surface area contributed by atoms with Crippen molar-refractivity contribution in [3.63, 3.8) is 0 Å². The molecular formula is C37H38O2. The molecule has 2 heteroatoms. The van der Waals surface area contributed by atoms with Gasteiger partial charge in [-0.2, -0.15) is 0 Å². The molecule has 2 nitrogen and oxygen atoms in total. The summed E-state index contributed by atoms with van der Waals surface area (Å²) < 4.78 is 0. The first-order valence-corrected chi connectivity index (χ1v) is 14.6. The van der Waals surface area contributed by atoms with Crippen LogP contribution in [-0.4, -0.2) is 10.2 Å². The summed E-state index contributed by atoms with van der Waals surface area (Å²) >= 11 is 0. The molecule has 0 aromatic heterocycles. The number of phenolic OH excluding ortho intramolecular Hbond substituents is 2. The summed E-state index contributed by atoms with van der Waals surface area (Å²) in [7, 11) is 0. The van der Waals surface area contributed by atoms with Gasteiger partial charge in [-0.25, -0.2) is 0 Å². The second kappa shape index (κ2) is 8.74. The van der Waals surface area contributed by atoms with E-state index in [0.29, 0.717) is 28.7 Å². The summed E-state index contributed by atoms with van der Waals surface area (Å²) in [5.74, 6) is 2.01. The molecule has 2 unspecified atom stereocenters. The molecule has 4 bridgehead atoms. The van der Waals surface area contributed by atoms with Crippen LogP contribution < -0.4 is 0 Å². The topological polar surface area (TPSA) is 40.5 Å². The van der Waals surface area contributed by atoms with E-state index in [1.807, 2.05) is 48.5 Å². The van der Waals surface area contributed by atoms with Crippen molar-refractivity contribution in [1.82, 2.24) is 0 Å². The quantitative estimate of drug-likeness (QED) is 0.279. The Morgan fingerprint density at radius 3 is 1.49 bits per heavy atom. The summed E-state index contributed by atoms with van der Waals surface area (Å²) in [6.45, 7) is 4.87. The molecule has 0 radical (unpaired) electrons. The van der Waals surface area contributed by atoms with Gasteiger partial charge in [-0.05, 0) is 113 Å². The van der Waals surface area contributed by atoms with Crippen molar-refractivity contribution in [2.75, 3.05) is 0 Å². The van der Waals surface area contributed by atoms with Crippen LogP contribution in [0.3, 0.4) is 0 Å². The van der Waals surface area contributed by atoms with E-state index in [9.17, 15) is 10.2 Å². The van der Waals surface area contributed by atoms with Crippen molar-refractivity contribution < 1.29 is 10.2 Å². The Kier molecular flexibility index (Phi) is 5.50. The SMILES string of the molecule is CC(C)C12CC3CC(c4ccc(O)c(-c5ccccc5)c4)(CC(c4ccc(O)c(-c5ccccc5)c4)(C3)C1)C2. The lowest BCUT2D eigenvalue weighted by Crippen LogP contribution is -2.61. The zero-order chi connectivity index (χ0) is 26.8. The van der Waals surface area contributed by atoms with Crippen LogP contribution in [0.1, 0.15) is 63.5 Å². The normalized spacial score (nSPS) is 29.2. The van der Waals surface area contributed by atoms with E-state index in [1.165, 1.54) is 43.2 Å². The molecule has 4 aliphatic carbocycles. The average Bonchev–Trinajstić information content (AvgIpc) is 2.93. The number of benzene rings is 4. The van der Waals surface area contributed by atoms with Crippen molar-refractivity contribution in [2.45, 2.75) is 63.2 Å². The summed E-state index contributed by atoms with van der Waals surface area (Å²) in [5, 5.41) is 21.8. The Morgan fingerprint density at radius 1 is 0.590 bits per heavy atom. The molecule has 2 atom stereocenters. The van der Waals surface area contributed by atoms with Gasteiger partial charge in [-0.1, -0.05) is 86.6 Å². The van der Waals surface area contributed by atoms with Gasteiger partial charge in [-0.15, -0.1) is 0 Å². The Hall–Kier alpha value is -3.52. The average molecular weight is 515 g/mol. The van der Waals surface area contributed by atoms with Crippen molar-refractivity contribution in [3.05, 3.63) is 108 Å². The van der Waals surface area contributed by atoms with Gasteiger partial charge in [0.1, 0.15) is 11.5 Å². The maximum atomic E-state index is 10.9. The fraction of sp³-hybridized carbons (Fsp3) is 0.351. The van der Waals surface area contributed by atoms with Crippen molar-refractivity contribution >= 4 is 0 Å². The number of hydrogen-bond donors (Lipinski definition) is 2. The third kappa shape index (κ3) is 3.83. The number of hydrogen-bond acceptors (Lipinski definition) is 2. The first-order valence-electron chi connectivity index (χ1n) is 14.6. The summed E-state index contributed by atoms with van der Waals surface area (Å²) in [5.41, 5.74) is 7.27. The second-order valence-corrected chi connectivity index (χ2v) is 13.3. The van der Waals surface area contributed by atoms with Crippen LogP contribution in [0.2, 0.25) is 0 Å². The second-order valence-electron chi connectivity index (χ2n) is 13.3. The lowest BCUT2D eigenvalue weighted by atomic mass is 9.36. The first kappa shape index (κ1) is 24.5. The van der Waals surface area contributed by atoms with Crippen molar-refractivity contribution in [2.24, 2.45) is 17.3 Å². The zero-order valence-corrected chi connectivity index (χ0v) is 23.0. The Morgan fingerprint density at radius 2 is 1.05 bits per heavy atom. The van der Waals surface area contributed by atoms with E-state index < -0.39 is 0 Å². The molecule has 0 heterocycles. The smallest absolute Gasteiger partial charge is 0.123 e. The minimum Gasteiger partial charge on any atom is -0.507 e. The lowest BCUT2D eigenvalue weighted by Gasteiger charge is -2.68. The predicted molar refractivity (Wildman–Crippen MR) is 159 cm³/mol. The molecule has 0 amide bonds. The van der Waals surface area contributed by atoms with E-state index in [1.54, 1.807) is 0 Å². The van der Waals surface area contributed by atoms with Gasteiger partial charge in [0.25, 0.3) is 0 Å². The monoisotopic (exact) mass is 514 g/mol. The van der Waals surface area contributed by atoms with Gasteiger partial charge in [0, 0.05) is 11.1 Å². The van der Waals surface area contributed by atoms with Crippen LogP contribution in [0, 0.1) is 17.3 Å². The van der Waals surface area contributed by atoms with Crippen LogP contribution in [-0.2, 0) is 10.8 Å². The predicted octanol–water partition coefficient (Wildman–Crippen LogP) is 9.25. The van der Waals surface area contributed by atoms with E-state index in [0.717, 1.165) is 28.7 Å². The fourth-order valence-corrected chi connectivity index (χ4v) is 9.23. The highest BCUT2D eigenvalue weighted by molar-refractivity contribution is 5.72. The summed E-state index contributed by atoms with van der Waals surface area (Å²) in [4.78, 5) is 0. The van der Waals surface area contributed by atoms with Gasteiger partial charge >= 0.3 is 0 Å². The van der Waals surface area contributed by atoms with Crippen LogP contribution in [0.4, 0.5) is 0 Å². The molecule has 4 aromatic rings. The molecular weight excluding hydrogens is 476 g/mol. The zero-order valence-electron chi connectivity index (χ0n) is 23.0. The highest BCUT2D eigenvalue weighted by Crippen LogP contribution is 2.72. The van der Waals surface area contributed by atoms with Crippen LogP contribution in [0.5, 0.6) is 11.5 Å². The largest absolute Gasteiger partial charge is 0.507 e. The summed E-state index contributed by atoms with van der Waals surface area (Å²) in [6, 6.07) is 33.5. The Labute approximate surface area is 232 Å². The molecule has 8 rings (SSSR count). The molecule has 4 fully saturated rings. The molecule has 0 spiro atoms. The molecule has 2 N–H and O–H groups in total. The molecule has 39 heavy (non-hydrogen) atoms. The first-order chi connectivity index (χ1) is 18.8. The standard InChI is InChI=1S/C37H38O2/c1-25(2)35-19-26-20-36(22-35,29-13-15-33(38)31(17-29)27-9-5-3-6-10-27)24-37(21-26,23-35)30-14-16-34(39)32(18-30)28-11-7-4-8-12-28/h3-18,25-26,38-39H,19-24H2,1-2H3. The highest BCUT2D eigenvalue weighted by atomic mass is 16.3. The van der Waals surface area contributed by atoms with Crippen LogP contribution in [0.25, 0.3) is 22.3 Å². The van der Waals surface area contributed by atoms with Crippen molar-refractivity contribution in [1.29, 1.82) is 0 Å². The third-order valence-corrected chi connectivity index (χ3v) is 10.7. The maximum absolute atomic E-state index is 10.9. The van der Waals surface area contributed by atoms with Gasteiger partial charge in [0.2, 0.25) is 0 Å². The van der Waals surface area contributed by atoms with Gasteiger partial charge in [0.05, 0.1) is 0 Å². The van der Waals surface area contributed by atoms with E-state index in [2.05, 4.69) is 62.4 Å². The molecule has 4 aliphatic rings. The minimum atomic E-state index is 0.0890. The molecule has 0 saturated heterocycles. The van der Waals surface area contributed by atoms with E-state index in [4.69, 9.17) is 0 Å². The van der Waals surface area contributed by atoms with Crippen molar-refractivity contribution in [3.8, 4) is 33.8 Å². The van der Waals surface area contributed by atoms with Crippen LogP contribution in [0.15, 0.2) is 97.1 Å². The maximum Gasteiger partial charge on any atom is 0.123 e. The minimum absolute atomic E-state index is 0.0890. The molecule has 4 saturated carbocycles. The number of aromatic hydroxyl groups is 2. The van der Waals surface area contributed by atoms with Gasteiger partial charge < -0.3 is 10.2 Å². The fourth-order valence-electron chi connectivity index (χ4n) is 9.23. The molecule has 4 aromatic carbocycles. The van der Waals surface area contributed by atoms with Gasteiger partial charge in [-0.3, -0.25) is 0 Å². The summed E-state index contributed by atoms with van der Waals surface area (Å²) in [6.07, 6.45) is 7.35.